The largest absolute Gasteiger partial charge is 0.392 e. The van der Waals surface area contributed by atoms with Gasteiger partial charge in [0.15, 0.2) is 0 Å². The molecule has 0 aromatic heterocycles. The van der Waals surface area contributed by atoms with Crippen molar-refractivity contribution in [2.75, 3.05) is 0 Å². The normalized spacial score (nSPS) is 61.8. The molecule has 0 aromatic rings. The molecule has 3 saturated carbocycles. The van der Waals surface area contributed by atoms with E-state index in [9.17, 15) is 15.3 Å². The molecule has 3 N–H and O–H groups in total. The Labute approximate surface area is 109 Å². The van der Waals surface area contributed by atoms with Gasteiger partial charge in [0, 0.05) is 0 Å². The van der Waals surface area contributed by atoms with E-state index in [1.807, 2.05) is 13.8 Å². The first-order valence-electron chi connectivity index (χ1n) is 7.24. The third-order valence-electron chi connectivity index (χ3n) is 7.32. The molecule has 1 spiro atoms. The summed E-state index contributed by atoms with van der Waals surface area (Å²) in [5, 5.41) is 32.9. The molecule has 0 aromatic carbocycles. The Balaban J connectivity index is 2.23. The van der Waals surface area contributed by atoms with Gasteiger partial charge in [-0.2, -0.15) is 0 Å². The van der Waals surface area contributed by atoms with Crippen molar-refractivity contribution in [3.05, 3.63) is 0 Å². The molecule has 6 atom stereocenters. The first-order chi connectivity index (χ1) is 8.11. The lowest BCUT2D eigenvalue weighted by Crippen LogP contribution is -2.63. The van der Waals surface area contributed by atoms with E-state index >= 15 is 0 Å². The molecule has 104 valence electrons. The predicted molar refractivity (Wildman–Crippen MR) is 68.9 cm³/mol. The predicted octanol–water partition coefficient (Wildman–Crippen LogP) is 1.70. The lowest BCUT2D eigenvalue weighted by molar-refractivity contribution is -0.221. The maximum atomic E-state index is 11.2. The Morgan fingerprint density at radius 2 is 1.72 bits per heavy atom. The highest BCUT2D eigenvalue weighted by molar-refractivity contribution is 5.28. The average molecular weight is 254 g/mol. The third-order valence-corrected chi connectivity index (χ3v) is 7.32. The van der Waals surface area contributed by atoms with Crippen LogP contribution in [0.4, 0.5) is 0 Å². The molecule has 0 heterocycles. The van der Waals surface area contributed by atoms with Crippen molar-refractivity contribution in [2.45, 2.75) is 70.7 Å². The van der Waals surface area contributed by atoms with Crippen molar-refractivity contribution in [2.24, 2.45) is 22.7 Å². The Morgan fingerprint density at radius 3 is 2.33 bits per heavy atom. The van der Waals surface area contributed by atoms with Gasteiger partial charge in [0.1, 0.15) is 0 Å². The highest BCUT2D eigenvalue weighted by atomic mass is 16.3. The summed E-state index contributed by atoms with van der Waals surface area (Å²) in [6, 6.07) is 0. The minimum atomic E-state index is -1.01. The van der Waals surface area contributed by atoms with E-state index < -0.39 is 22.7 Å². The van der Waals surface area contributed by atoms with E-state index in [2.05, 4.69) is 13.8 Å². The van der Waals surface area contributed by atoms with E-state index in [1.54, 1.807) is 0 Å². The summed E-state index contributed by atoms with van der Waals surface area (Å²) in [6.45, 7) is 8.03. The fourth-order valence-corrected chi connectivity index (χ4v) is 5.66. The monoisotopic (exact) mass is 254 g/mol. The molecule has 0 radical (unpaired) electrons. The van der Waals surface area contributed by atoms with Crippen LogP contribution in [0.2, 0.25) is 0 Å². The summed E-state index contributed by atoms with van der Waals surface area (Å²) >= 11 is 0. The van der Waals surface area contributed by atoms with Gasteiger partial charge in [0.05, 0.1) is 22.7 Å². The quantitative estimate of drug-likeness (QED) is 0.616. The first-order valence-corrected chi connectivity index (χ1v) is 7.24. The van der Waals surface area contributed by atoms with E-state index in [1.165, 1.54) is 0 Å². The molecule has 0 unspecified atom stereocenters. The number of aliphatic hydroxyl groups excluding tert-OH is 1. The summed E-state index contributed by atoms with van der Waals surface area (Å²) in [5.41, 5.74) is -2.89. The molecule has 2 bridgehead atoms. The second kappa shape index (κ2) is 3.13. The van der Waals surface area contributed by atoms with E-state index in [0.29, 0.717) is 12.3 Å². The van der Waals surface area contributed by atoms with Crippen LogP contribution >= 0.6 is 0 Å². The van der Waals surface area contributed by atoms with Gasteiger partial charge in [-0.05, 0) is 49.9 Å². The zero-order valence-electron chi connectivity index (χ0n) is 11.9. The van der Waals surface area contributed by atoms with Gasteiger partial charge in [-0.15, -0.1) is 0 Å². The van der Waals surface area contributed by atoms with Crippen LogP contribution in [0.3, 0.4) is 0 Å². The minimum absolute atomic E-state index is 0.0637. The Morgan fingerprint density at radius 1 is 1.11 bits per heavy atom. The molecule has 3 heteroatoms. The molecule has 3 nitrogen and oxygen atoms in total. The third kappa shape index (κ3) is 0.981. The van der Waals surface area contributed by atoms with Crippen LogP contribution in [0.15, 0.2) is 0 Å². The molecular weight excluding hydrogens is 228 g/mol. The topological polar surface area (TPSA) is 60.7 Å². The maximum Gasteiger partial charge on any atom is 0.0782 e. The molecule has 18 heavy (non-hydrogen) atoms. The number of fused-ring (bicyclic) bond motifs is 1. The number of hydrogen-bond acceptors (Lipinski definition) is 3. The smallest absolute Gasteiger partial charge is 0.0782 e. The molecule has 3 aliphatic carbocycles. The van der Waals surface area contributed by atoms with Crippen LogP contribution in [0.5, 0.6) is 0 Å². The molecule has 3 rings (SSSR count). The highest BCUT2D eigenvalue weighted by Gasteiger charge is 2.79. The molecule has 0 amide bonds. The summed E-state index contributed by atoms with van der Waals surface area (Å²) in [4.78, 5) is 0. The van der Waals surface area contributed by atoms with Crippen molar-refractivity contribution in [1.82, 2.24) is 0 Å². The first kappa shape index (κ1) is 12.9. The van der Waals surface area contributed by atoms with Gasteiger partial charge >= 0.3 is 0 Å². The van der Waals surface area contributed by atoms with Crippen molar-refractivity contribution >= 4 is 0 Å². The van der Waals surface area contributed by atoms with E-state index in [-0.39, 0.29) is 11.3 Å². The van der Waals surface area contributed by atoms with Crippen LogP contribution in [-0.4, -0.2) is 32.6 Å². The minimum Gasteiger partial charge on any atom is -0.392 e. The van der Waals surface area contributed by atoms with Gasteiger partial charge in [-0.1, -0.05) is 20.8 Å². The summed E-state index contributed by atoms with van der Waals surface area (Å²) in [5.74, 6) is 0.460. The molecule has 0 saturated heterocycles. The Bertz CT molecular complexity index is 389. The van der Waals surface area contributed by atoms with Crippen molar-refractivity contribution in [3.63, 3.8) is 0 Å². The standard InChI is InChI=1S/C15H26O3/c1-9-7-11(16)14-8-10(5-6-15(9,14)18)12(2,3)13(14,4)17/h9-11,16-18H,5-8H2,1-4H3/t9-,10-,11+,13-,14+,15+/m0/s1. The SMILES string of the molecule is C[C@H]1C[C@@H](O)[C@@]23C[C@H](CC[C@@]12O)C(C)(C)[C@]3(C)O. The fraction of sp³-hybridized carbons (Fsp3) is 1.00. The number of rotatable bonds is 0. The fourth-order valence-electron chi connectivity index (χ4n) is 5.66. The highest BCUT2D eigenvalue weighted by Crippen LogP contribution is 2.74. The van der Waals surface area contributed by atoms with Gasteiger partial charge in [0.25, 0.3) is 0 Å². The van der Waals surface area contributed by atoms with Crippen LogP contribution in [0.1, 0.15) is 53.4 Å². The van der Waals surface area contributed by atoms with Crippen LogP contribution < -0.4 is 0 Å². The van der Waals surface area contributed by atoms with Gasteiger partial charge in [-0.3, -0.25) is 0 Å². The Hall–Kier alpha value is -0.120. The van der Waals surface area contributed by atoms with Crippen LogP contribution in [0.25, 0.3) is 0 Å². The van der Waals surface area contributed by atoms with Crippen LogP contribution in [-0.2, 0) is 0 Å². The second-order valence-corrected chi connectivity index (χ2v) is 7.78. The number of aliphatic hydroxyl groups is 3. The summed E-state index contributed by atoms with van der Waals surface area (Å²) in [6.07, 6.45) is 2.45. The molecule has 0 aliphatic heterocycles. The van der Waals surface area contributed by atoms with E-state index in [4.69, 9.17) is 0 Å². The zero-order valence-corrected chi connectivity index (χ0v) is 11.9. The number of hydrogen-bond donors (Lipinski definition) is 3. The van der Waals surface area contributed by atoms with Gasteiger partial charge < -0.3 is 15.3 Å². The molecule has 3 aliphatic rings. The lowest BCUT2D eigenvalue weighted by atomic mass is 9.58. The average Bonchev–Trinajstić information content (AvgIpc) is 2.54. The lowest BCUT2D eigenvalue weighted by Gasteiger charge is -2.53. The Kier molecular flexibility index (Phi) is 2.24. The van der Waals surface area contributed by atoms with Gasteiger partial charge in [0.2, 0.25) is 0 Å². The molecular formula is C15H26O3. The maximum absolute atomic E-state index is 11.2. The van der Waals surface area contributed by atoms with E-state index in [0.717, 1.165) is 19.3 Å². The van der Waals surface area contributed by atoms with Crippen molar-refractivity contribution < 1.29 is 15.3 Å². The molecule has 3 fully saturated rings. The zero-order chi connectivity index (χ0) is 13.6. The second-order valence-electron chi connectivity index (χ2n) is 7.78. The van der Waals surface area contributed by atoms with Crippen molar-refractivity contribution in [3.8, 4) is 0 Å². The van der Waals surface area contributed by atoms with Crippen LogP contribution in [0, 0.1) is 22.7 Å². The van der Waals surface area contributed by atoms with Gasteiger partial charge in [-0.25, -0.2) is 0 Å². The van der Waals surface area contributed by atoms with Crippen molar-refractivity contribution in [1.29, 1.82) is 0 Å². The summed E-state index contributed by atoms with van der Waals surface area (Å²) in [7, 11) is 0. The summed E-state index contributed by atoms with van der Waals surface area (Å²) < 4.78 is 0.